The van der Waals surface area contributed by atoms with Crippen LogP contribution >= 0.6 is 0 Å². The Bertz CT molecular complexity index is 1210. The number of aromatic nitrogens is 1. The summed E-state index contributed by atoms with van der Waals surface area (Å²) in [5.74, 6) is -0.557. The highest BCUT2D eigenvalue weighted by Crippen LogP contribution is 2.30. The van der Waals surface area contributed by atoms with E-state index in [4.69, 9.17) is 11.1 Å². The molecule has 0 saturated carbocycles. The number of aromatic amines is 1. The lowest BCUT2D eigenvalue weighted by Gasteiger charge is -2.14. The molecular weight excluding hydrogens is 501 g/mol. The van der Waals surface area contributed by atoms with Gasteiger partial charge in [-0.15, -0.1) is 19.8 Å². The second-order valence-electron chi connectivity index (χ2n) is 7.44. The summed E-state index contributed by atoms with van der Waals surface area (Å²) in [6.45, 7) is 13.5. The molecule has 1 aromatic heterocycles. The number of hydrogen-bond donors (Lipinski definition) is 4. The van der Waals surface area contributed by atoms with Crippen LogP contribution < -0.4 is 15.2 Å². The topological polar surface area (TPSA) is 104 Å². The van der Waals surface area contributed by atoms with Crippen molar-refractivity contribution < 1.29 is 22.1 Å². The van der Waals surface area contributed by atoms with Crippen LogP contribution in [0.2, 0.25) is 0 Å². The molecule has 0 fully saturated rings. The van der Waals surface area contributed by atoms with Gasteiger partial charge in [0.25, 0.3) is 0 Å². The number of para-hydroxylation sites is 1. The Hall–Kier alpha value is -3.53. The van der Waals surface area contributed by atoms with Crippen molar-refractivity contribution in [1.82, 2.24) is 4.98 Å². The number of allylic oxidation sites excluding steroid dienone is 1. The summed E-state index contributed by atoms with van der Waals surface area (Å²) in [6.07, 6.45) is -1.16. The molecule has 10 heteroatoms. The lowest BCUT2D eigenvalue weighted by Crippen LogP contribution is -2.19. The zero-order valence-electron chi connectivity index (χ0n) is 21.8. The third-order valence-electron chi connectivity index (χ3n) is 4.84. The van der Waals surface area contributed by atoms with E-state index in [-0.39, 0.29) is 10.6 Å². The van der Waals surface area contributed by atoms with Crippen molar-refractivity contribution in [2.45, 2.75) is 58.7 Å². The van der Waals surface area contributed by atoms with E-state index in [0.29, 0.717) is 22.6 Å². The minimum atomic E-state index is -4.91. The van der Waals surface area contributed by atoms with Gasteiger partial charge in [0.15, 0.2) is 11.0 Å². The average molecular weight is 537 g/mol. The number of aryl methyl sites for hydroxylation is 2. The molecule has 0 aliphatic carbocycles. The molecule has 1 unspecified atom stereocenters. The molecule has 2 aromatic carbocycles. The minimum Gasteiger partial charge on any atom is -0.404 e. The molecule has 6 nitrogen and oxygen atoms in total. The lowest BCUT2D eigenvalue weighted by atomic mass is 10.0. The van der Waals surface area contributed by atoms with Crippen LogP contribution in [0.5, 0.6) is 5.75 Å². The SMILES string of the molecule is C=CCC.CC.CCc1[nH]c(C(=N)c2cc(NS(=O)c3ccccc3OC(F)(F)F)ccc2N)cc1C. The number of hydrogen-bond acceptors (Lipinski definition) is 4. The number of nitrogen functional groups attached to an aromatic ring is 1. The summed E-state index contributed by atoms with van der Waals surface area (Å²) in [4.78, 5) is 3.02. The Morgan fingerprint density at radius 3 is 2.35 bits per heavy atom. The van der Waals surface area contributed by atoms with Crippen molar-refractivity contribution in [3.8, 4) is 5.75 Å². The second-order valence-corrected chi connectivity index (χ2v) is 8.62. The van der Waals surface area contributed by atoms with Crippen LogP contribution in [-0.2, 0) is 17.4 Å². The molecule has 202 valence electrons. The highest BCUT2D eigenvalue weighted by Gasteiger charge is 2.32. The van der Waals surface area contributed by atoms with Gasteiger partial charge in [-0.2, -0.15) is 0 Å². The number of halogens is 3. The van der Waals surface area contributed by atoms with Gasteiger partial charge in [-0.1, -0.05) is 45.9 Å². The Kier molecular flexibility index (Phi) is 12.7. The average Bonchev–Trinajstić information content (AvgIpc) is 3.26. The maximum atomic E-state index is 12.7. The summed E-state index contributed by atoms with van der Waals surface area (Å²) < 4.78 is 57.2. The van der Waals surface area contributed by atoms with E-state index < -0.39 is 23.1 Å². The molecular formula is C27H35F3N4O2S. The molecule has 1 atom stereocenters. The van der Waals surface area contributed by atoms with Crippen LogP contribution in [0.4, 0.5) is 24.5 Å². The molecule has 0 bridgehead atoms. The predicted octanol–water partition coefficient (Wildman–Crippen LogP) is 7.53. The fourth-order valence-corrected chi connectivity index (χ4v) is 4.00. The van der Waals surface area contributed by atoms with Gasteiger partial charge in [0.2, 0.25) is 0 Å². The summed E-state index contributed by atoms with van der Waals surface area (Å²) in [5.41, 5.74) is 9.87. The van der Waals surface area contributed by atoms with Gasteiger partial charge >= 0.3 is 6.36 Å². The minimum absolute atomic E-state index is 0.149. The highest BCUT2D eigenvalue weighted by atomic mass is 32.2. The summed E-state index contributed by atoms with van der Waals surface area (Å²) >= 11 is 0. The van der Waals surface area contributed by atoms with Crippen molar-refractivity contribution in [3.63, 3.8) is 0 Å². The Labute approximate surface area is 219 Å². The standard InChI is InChI=1S/C21H21F3N4O2S.C4H8.C2H6/c1-3-16-12(2)10-17(27-16)20(26)14-11-13(8-9-15(14)25)28-31(29)19-7-5-4-6-18(19)30-21(22,23)24;1-3-4-2;1-2/h4-11,26-28H,3,25H2,1-2H3;3H,1,4H2,2H3;1-2H3. The third-order valence-corrected chi connectivity index (χ3v) is 6.00. The number of benzene rings is 2. The van der Waals surface area contributed by atoms with Gasteiger partial charge < -0.3 is 20.2 Å². The van der Waals surface area contributed by atoms with Gasteiger partial charge in [0, 0.05) is 22.6 Å². The van der Waals surface area contributed by atoms with E-state index >= 15 is 0 Å². The Morgan fingerprint density at radius 2 is 1.81 bits per heavy atom. The first-order valence-corrected chi connectivity index (χ1v) is 13.0. The molecule has 5 N–H and O–H groups in total. The normalized spacial score (nSPS) is 11.2. The molecule has 0 aliphatic heterocycles. The Morgan fingerprint density at radius 1 is 1.19 bits per heavy atom. The van der Waals surface area contributed by atoms with Gasteiger partial charge in [-0.25, -0.2) is 4.21 Å². The second kappa shape index (κ2) is 14.9. The van der Waals surface area contributed by atoms with Gasteiger partial charge in [0.05, 0.1) is 11.4 Å². The van der Waals surface area contributed by atoms with Crippen molar-refractivity contribution in [1.29, 1.82) is 5.41 Å². The predicted molar refractivity (Wildman–Crippen MR) is 147 cm³/mol. The summed E-state index contributed by atoms with van der Waals surface area (Å²) in [7, 11) is -2.05. The molecule has 0 aliphatic rings. The molecule has 3 rings (SSSR count). The van der Waals surface area contributed by atoms with Crippen molar-refractivity contribution in [2.75, 3.05) is 10.5 Å². The molecule has 0 radical (unpaired) electrons. The first-order valence-electron chi connectivity index (χ1n) is 11.8. The number of ether oxygens (including phenoxy) is 1. The van der Waals surface area contributed by atoms with E-state index in [1.807, 2.05) is 39.8 Å². The number of alkyl halides is 3. The molecule has 1 heterocycles. The van der Waals surface area contributed by atoms with E-state index in [1.54, 1.807) is 0 Å². The fraction of sp³-hybridized carbons (Fsp3) is 0.296. The van der Waals surface area contributed by atoms with E-state index in [2.05, 4.69) is 27.9 Å². The smallest absolute Gasteiger partial charge is 0.404 e. The first kappa shape index (κ1) is 31.5. The molecule has 37 heavy (non-hydrogen) atoms. The Balaban J connectivity index is 0.00000104. The molecule has 0 spiro atoms. The molecule has 3 aromatic rings. The van der Waals surface area contributed by atoms with E-state index in [0.717, 1.165) is 30.2 Å². The van der Waals surface area contributed by atoms with Crippen LogP contribution in [0, 0.1) is 12.3 Å². The van der Waals surface area contributed by atoms with Crippen LogP contribution in [-0.4, -0.2) is 21.3 Å². The molecule has 0 amide bonds. The van der Waals surface area contributed by atoms with Crippen LogP contribution in [0.3, 0.4) is 0 Å². The van der Waals surface area contributed by atoms with Gasteiger partial charge in [-0.05, 0) is 61.7 Å². The highest BCUT2D eigenvalue weighted by molar-refractivity contribution is 7.86. The van der Waals surface area contributed by atoms with Crippen LogP contribution in [0.1, 0.15) is 56.6 Å². The number of nitrogens with one attached hydrogen (secondary N) is 3. The maximum Gasteiger partial charge on any atom is 0.573 e. The van der Waals surface area contributed by atoms with Crippen LogP contribution in [0.25, 0.3) is 0 Å². The fourth-order valence-electron chi connectivity index (χ4n) is 3.06. The van der Waals surface area contributed by atoms with Crippen molar-refractivity contribution in [3.05, 3.63) is 83.7 Å². The van der Waals surface area contributed by atoms with E-state index in [9.17, 15) is 17.4 Å². The zero-order chi connectivity index (χ0) is 28.2. The van der Waals surface area contributed by atoms with E-state index in [1.165, 1.54) is 36.4 Å². The first-order chi connectivity index (χ1) is 17.5. The lowest BCUT2D eigenvalue weighted by molar-refractivity contribution is -0.275. The number of nitrogens with two attached hydrogens (primary N) is 1. The molecule has 0 saturated heterocycles. The third kappa shape index (κ3) is 9.45. The van der Waals surface area contributed by atoms with Crippen LogP contribution in [0.15, 0.2) is 66.1 Å². The number of H-pyrrole nitrogens is 1. The maximum absolute atomic E-state index is 12.7. The monoisotopic (exact) mass is 536 g/mol. The largest absolute Gasteiger partial charge is 0.573 e. The van der Waals surface area contributed by atoms with Crippen molar-refractivity contribution >= 4 is 28.1 Å². The summed E-state index contributed by atoms with van der Waals surface area (Å²) in [6, 6.07) is 11.6. The van der Waals surface area contributed by atoms with Crippen molar-refractivity contribution in [2.24, 2.45) is 0 Å². The number of anilines is 2. The van der Waals surface area contributed by atoms with Gasteiger partial charge in [0.1, 0.15) is 10.6 Å². The van der Waals surface area contributed by atoms with Gasteiger partial charge in [-0.3, -0.25) is 5.41 Å². The summed E-state index contributed by atoms with van der Waals surface area (Å²) in [5, 5.41) is 8.51. The number of rotatable bonds is 8. The quantitative estimate of drug-likeness (QED) is 0.136. The zero-order valence-corrected chi connectivity index (χ0v) is 22.6.